The van der Waals surface area contributed by atoms with E-state index in [2.05, 4.69) is 0 Å². The number of halogens is 1. The number of nitrogens with zero attached hydrogens (tertiary/aromatic N) is 2. The van der Waals surface area contributed by atoms with Crippen molar-refractivity contribution in [3.63, 3.8) is 0 Å². The van der Waals surface area contributed by atoms with Crippen LogP contribution in [0, 0.1) is 11.8 Å². The van der Waals surface area contributed by atoms with Gasteiger partial charge in [-0.05, 0) is 44.2 Å². The number of anilines is 1. The predicted octanol–water partition coefficient (Wildman–Crippen LogP) is 3.81. The van der Waals surface area contributed by atoms with E-state index in [1.54, 1.807) is 43.0 Å². The summed E-state index contributed by atoms with van der Waals surface area (Å²) >= 11 is 5.99. The molecule has 0 saturated carbocycles. The third kappa shape index (κ3) is 2.62. The molecule has 0 N–H and O–H groups in total. The molecule has 2 aromatic carbocycles. The monoisotopic (exact) mass is 440 g/mol. The minimum atomic E-state index is -1.39. The molecule has 0 aromatic heterocycles. The summed E-state index contributed by atoms with van der Waals surface area (Å²) in [6.45, 7) is 3.78. The van der Waals surface area contributed by atoms with Crippen molar-refractivity contribution in [3.05, 3.63) is 59.1 Å². The van der Waals surface area contributed by atoms with Crippen molar-refractivity contribution in [2.75, 3.05) is 18.1 Å². The van der Waals surface area contributed by atoms with Crippen molar-refractivity contribution in [1.29, 1.82) is 0 Å². The van der Waals surface area contributed by atoms with Crippen molar-refractivity contribution in [2.24, 2.45) is 11.8 Å². The van der Waals surface area contributed by atoms with Crippen LogP contribution in [-0.4, -0.2) is 41.6 Å². The van der Waals surface area contributed by atoms with Crippen LogP contribution in [0.4, 0.5) is 10.5 Å². The van der Waals surface area contributed by atoms with Gasteiger partial charge in [-0.15, -0.1) is 0 Å². The van der Waals surface area contributed by atoms with Crippen molar-refractivity contribution >= 4 is 35.2 Å². The maximum absolute atomic E-state index is 13.8. The van der Waals surface area contributed by atoms with Gasteiger partial charge < -0.3 is 14.4 Å². The van der Waals surface area contributed by atoms with Crippen LogP contribution in [0.1, 0.15) is 25.5 Å². The maximum atomic E-state index is 13.8. The number of benzene rings is 2. The summed E-state index contributed by atoms with van der Waals surface area (Å²) in [6, 6.07) is 13.0. The van der Waals surface area contributed by atoms with Crippen LogP contribution < -0.4 is 9.64 Å². The molecule has 3 heterocycles. The van der Waals surface area contributed by atoms with Gasteiger partial charge in [-0.3, -0.25) is 9.59 Å². The maximum Gasteiger partial charge on any atom is 0.332 e. The summed E-state index contributed by atoms with van der Waals surface area (Å²) in [5.74, 6) is -1.53. The molecule has 0 bridgehead atoms. The number of hydrogen-bond donors (Lipinski definition) is 0. The van der Waals surface area contributed by atoms with Crippen LogP contribution in [-0.2, 0) is 14.3 Å². The highest BCUT2D eigenvalue weighted by molar-refractivity contribution is 6.31. The minimum absolute atomic E-state index is 0.184. The molecule has 3 aliphatic heterocycles. The molecule has 160 valence electrons. The standard InChI is InChI=1S/C23H21ClN2O5/c1-3-30-20(27)18-16-12-31-17-7-5-4-6-15(17)19(16)26-22(29)25(21(28)23(18,26)2)14-10-8-13(24)9-11-14/h4-11,16,18-19H,3,12H2,1-2H3/t16-,18+,19+,23?/m1/s1. The lowest BCUT2D eigenvalue weighted by Crippen LogP contribution is -2.51. The third-order valence-corrected chi connectivity index (χ3v) is 6.80. The van der Waals surface area contributed by atoms with Crippen molar-refractivity contribution in [1.82, 2.24) is 4.90 Å². The van der Waals surface area contributed by atoms with Crippen molar-refractivity contribution < 1.29 is 23.9 Å². The molecule has 0 spiro atoms. The number of hydrogen-bond acceptors (Lipinski definition) is 5. The van der Waals surface area contributed by atoms with Crippen molar-refractivity contribution in [2.45, 2.75) is 25.4 Å². The highest BCUT2D eigenvalue weighted by Crippen LogP contribution is 2.58. The molecule has 31 heavy (non-hydrogen) atoms. The average Bonchev–Trinajstić information content (AvgIpc) is 3.14. The molecule has 2 aromatic rings. The molecule has 1 unspecified atom stereocenters. The molecule has 7 nitrogen and oxygen atoms in total. The third-order valence-electron chi connectivity index (χ3n) is 6.55. The van der Waals surface area contributed by atoms with Gasteiger partial charge in [0.15, 0.2) is 0 Å². The number of amides is 3. The fourth-order valence-corrected chi connectivity index (χ4v) is 5.38. The first-order valence-corrected chi connectivity index (χ1v) is 10.6. The van der Waals surface area contributed by atoms with E-state index in [9.17, 15) is 14.4 Å². The number of esters is 1. The first kappa shape index (κ1) is 19.9. The van der Waals surface area contributed by atoms with Gasteiger partial charge >= 0.3 is 12.0 Å². The largest absolute Gasteiger partial charge is 0.493 e. The lowest BCUT2D eigenvalue weighted by Gasteiger charge is -2.34. The minimum Gasteiger partial charge on any atom is -0.493 e. The van der Waals surface area contributed by atoms with Gasteiger partial charge in [0.25, 0.3) is 5.91 Å². The van der Waals surface area contributed by atoms with E-state index in [1.165, 1.54) is 0 Å². The van der Waals surface area contributed by atoms with E-state index in [1.807, 2.05) is 24.3 Å². The molecule has 3 amide bonds. The number of ether oxygens (including phenoxy) is 2. The quantitative estimate of drug-likeness (QED) is 0.536. The zero-order valence-corrected chi connectivity index (χ0v) is 17.8. The van der Waals surface area contributed by atoms with Gasteiger partial charge in [0.2, 0.25) is 0 Å². The van der Waals surface area contributed by atoms with Crippen LogP contribution in [0.15, 0.2) is 48.5 Å². The van der Waals surface area contributed by atoms with Gasteiger partial charge in [-0.1, -0.05) is 29.8 Å². The van der Waals surface area contributed by atoms with E-state index in [0.29, 0.717) is 16.5 Å². The topological polar surface area (TPSA) is 76.2 Å². The first-order chi connectivity index (χ1) is 14.9. The van der Waals surface area contributed by atoms with E-state index < -0.39 is 35.4 Å². The van der Waals surface area contributed by atoms with Gasteiger partial charge in [-0.25, -0.2) is 9.69 Å². The van der Waals surface area contributed by atoms with Crippen LogP contribution in [0.25, 0.3) is 0 Å². The molecular formula is C23H21ClN2O5. The number of urea groups is 1. The Morgan fingerprint density at radius 1 is 1.19 bits per heavy atom. The normalized spacial score (nSPS) is 28.7. The number of fused-ring (bicyclic) bond motifs is 5. The molecule has 0 aliphatic carbocycles. The molecule has 0 radical (unpaired) electrons. The smallest absolute Gasteiger partial charge is 0.332 e. The zero-order chi connectivity index (χ0) is 21.9. The van der Waals surface area contributed by atoms with E-state index in [4.69, 9.17) is 21.1 Å². The summed E-state index contributed by atoms with van der Waals surface area (Å²) in [5, 5.41) is 0.498. The van der Waals surface area contributed by atoms with E-state index >= 15 is 0 Å². The van der Waals surface area contributed by atoms with Crippen LogP contribution in [0.2, 0.25) is 5.02 Å². The predicted molar refractivity (Wildman–Crippen MR) is 113 cm³/mol. The summed E-state index contributed by atoms with van der Waals surface area (Å²) in [7, 11) is 0. The number of carbonyl (C=O) groups excluding carboxylic acids is 3. The van der Waals surface area contributed by atoms with Gasteiger partial charge in [0.1, 0.15) is 11.3 Å². The second-order valence-electron chi connectivity index (χ2n) is 8.10. The fourth-order valence-electron chi connectivity index (χ4n) is 5.26. The molecule has 2 fully saturated rings. The van der Waals surface area contributed by atoms with Gasteiger partial charge in [0.05, 0.1) is 30.9 Å². The van der Waals surface area contributed by atoms with Crippen LogP contribution in [0.5, 0.6) is 5.75 Å². The number of imide groups is 1. The van der Waals surface area contributed by atoms with Crippen molar-refractivity contribution in [3.8, 4) is 5.75 Å². The molecule has 5 rings (SSSR count). The van der Waals surface area contributed by atoms with Gasteiger partial charge in [0, 0.05) is 16.5 Å². The van der Waals surface area contributed by atoms with E-state index in [0.717, 1.165) is 10.5 Å². The summed E-state index contributed by atoms with van der Waals surface area (Å²) in [5.41, 5.74) is -0.190. The molecule has 4 atom stereocenters. The Kier molecular flexibility index (Phi) is 4.48. The Hall–Kier alpha value is -3.06. The lowest BCUT2D eigenvalue weighted by atomic mass is 9.77. The van der Waals surface area contributed by atoms with Crippen LogP contribution >= 0.6 is 11.6 Å². The summed E-state index contributed by atoms with van der Waals surface area (Å²) in [6.07, 6.45) is 0. The Bertz CT molecular complexity index is 1090. The Balaban J connectivity index is 1.67. The number of para-hydroxylation sites is 1. The summed E-state index contributed by atoms with van der Waals surface area (Å²) < 4.78 is 11.3. The lowest BCUT2D eigenvalue weighted by molar-refractivity contribution is -0.154. The Morgan fingerprint density at radius 2 is 1.90 bits per heavy atom. The molecular weight excluding hydrogens is 420 g/mol. The second-order valence-corrected chi connectivity index (χ2v) is 8.54. The second kappa shape index (κ2) is 6.99. The fraction of sp³-hybridized carbons (Fsp3) is 0.348. The van der Waals surface area contributed by atoms with Gasteiger partial charge in [-0.2, -0.15) is 0 Å². The average molecular weight is 441 g/mol. The Labute approximate surface area is 184 Å². The van der Waals surface area contributed by atoms with Crippen LogP contribution in [0.3, 0.4) is 0 Å². The highest BCUT2D eigenvalue weighted by Gasteiger charge is 2.72. The zero-order valence-electron chi connectivity index (χ0n) is 17.1. The molecule has 2 saturated heterocycles. The first-order valence-electron chi connectivity index (χ1n) is 10.2. The SMILES string of the molecule is CCOC(=O)[C@@H]1[C@H]2COc3ccccc3[C@@H]2N2C(=O)N(c3ccc(Cl)cc3)C(=O)C12C. The summed E-state index contributed by atoms with van der Waals surface area (Å²) in [4.78, 5) is 43.2. The van der Waals surface area contributed by atoms with E-state index in [-0.39, 0.29) is 19.1 Å². The molecule has 3 aliphatic rings. The highest BCUT2D eigenvalue weighted by atomic mass is 35.5. The number of rotatable bonds is 3. The number of carbonyl (C=O) groups is 3. The molecule has 8 heteroatoms. The Morgan fingerprint density at radius 3 is 2.61 bits per heavy atom.